The molecule has 5 rings (SSSR count). The number of ether oxygens (including phenoxy) is 2. The van der Waals surface area contributed by atoms with Gasteiger partial charge < -0.3 is 9.47 Å². The lowest BCUT2D eigenvalue weighted by Gasteiger charge is -2.28. The summed E-state index contributed by atoms with van der Waals surface area (Å²) in [6.45, 7) is 7.63. The van der Waals surface area contributed by atoms with E-state index in [4.69, 9.17) is 4.74 Å². The number of aryl methyl sites for hydroxylation is 2. The molecular weight excluding hydrogens is 530 g/mol. The summed E-state index contributed by atoms with van der Waals surface area (Å²) in [7, 11) is 0. The van der Waals surface area contributed by atoms with Crippen LogP contribution in [0.1, 0.15) is 53.7 Å². The van der Waals surface area contributed by atoms with Crippen molar-refractivity contribution in [2.24, 2.45) is 5.92 Å². The zero-order valence-corrected chi connectivity index (χ0v) is 22.5. The molecule has 210 valence electrons. The highest BCUT2D eigenvalue weighted by molar-refractivity contribution is 5.85. The molecular formula is C32H28F6O2. The van der Waals surface area contributed by atoms with Gasteiger partial charge in [-0.25, -0.2) is 17.6 Å². The van der Waals surface area contributed by atoms with E-state index in [9.17, 15) is 8.78 Å². The summed E-state index contributed by atoms with van der Waals surface area (Å²) < 4.78 is 99.4. The Balaban J connectivity index is 1.45. The van der Waals surface area contributed by atoms with E-state index in [0.29, 0.717) is 18.1 Å². The molecule has 0 spiro atoms. The van der Waals surface area contributed by atoms with E-state index in [1.54, 1.807) is 13.8 Å². The van der Waals surface area contributed by atoms with Crippen molar-refractivity contribution < 1.29 is 35.8 Å². The lowest BCUT2D eigenvalue weighted by molar-refractivity contribution is -0.189. The van der Waals surface area contributed by atoms with Gasteiger partial charge in [-0.2, -0.15) is 8.78 Å². The fraction of sp³-hybridized carbons (Fsp3) is 0.312. The quantitative estimate of drug-likeness (QED) is 0.227. The number of hydrogen-bond donors (Lipinski definition) is 0. The maximum Gasteiger partial charge on any atom is 0.432 e. The number of halogens is 6. The molecule has 4 aromatic rings. The first-order valence-electron chi connectivity index (χ1n) is 13.0. The molecule has 0 bridgehead atoms. The third-order valence-corrected chi connectivity index (χ3v) is 7.53. The summed E-state index contributed by atoms with van der Waals surface area (Å²) >= 11 is 0. The van der Waals surface area contributed by atoms with Crippen molar-refractivity contribution in [3.05, 3.63) is 99.6 Å². The van der Waals surface area contributed by atoms with Crippen LogP contribution in [-0.2, 0) is 10.8 Å². The second-order valence-electron chi connectivity index (χ2n) is 10.6. The van der Waals surface area contributed by atoms with Gasteiger partial charge >= 0.3 is 6.11 Å². The second kappa shape index (κ2) is 10.5. The van der Waals surface area contributed by atoms with Gasteiger partial charge in [0.05, 0.1) is 6.10 Å². The van der Waals surface area contributed by atoms with Crippen molar-refractivity contribution in [1.82, 2.24) is 0 Å². The predicted octanol–water partition coefficient (Wildman–Crippen LogP) is 9.60. The summed E-state index contributed by atoms with van der Waals surface area (Å²) in [6.07, 6.45) is -2.58. The van der Waals surface area contributed by atoms with Gasteiger partial charge in [-0.15, -0.1) is 0 Å². The fourth-order valence-electron chi connectivity index (χ4n) is 5.45. The van der Waals surface area contributed by atoms with Gasteiger partial charge in [0, 0.05) is 17.6 Å². The van der Waals surface area contributed by atoms with Crippen LogP contribution in [0.25, 0.3) is 21.9 Å². The van der Waals surface area contributed by atoms with Crippen molar-refractivity contribution in [3.8, 4) is 16.9 Å². The second-order valence-corrected chi connectivity index (χ2v) is 10.6. The van der Waals surface area contributed by atoms with Crippen LogP contribution in [0.5, 0.6) is 5.75 Å². The van der Waals surface area contributed by atoms with E-state index in [1.165, 1.54) is 6.92 Å². The van der Waals surface area contributed by atoms with Crippen LogP contribution in [0.2, 0.25) is 0 Å². The fourth-order valence-corrected chi connectivity index (χ4v) is 5.45. The molecule has 0 N–H and O–H groups in total. The lowest BCUT2D eigenvalue weighted by Crippen LogP contribution is -2.25. The van der Waals surface area contributed by atoms with Gasteiger partial charge in [-0.05, 0) is 109 Å². The van der Waals surface area contributed by atoms with Crippen molar-refractivity contribution in [1.29, 1.82) is 0 Å². The Labute approximate surface area is 228 Å². The first-order chi connectivity index (χ1) is 18.9. The van der Waals surface area contributed by atoms with Crippen LogP contribution in [0, 0.1) is 50.0 Å². The normalized spacial score (nSPS) is 17.9. The lowest BCUT2D eigenvalue weighted by atomic mass is 9.89. The van der Waals surface area contributed by atoms with Crippen molar-refractivity contribution in [2.45, 2.75) is 52.7 Å². The Hall–Kier alpha value is -3.52. The molecule has 0 aromatic heterocycles. The van der Waals surface area contributed by atoms with Crippen LogP contribution in [-0.4, -0.2) is 6.61 Å². The highest BCUT2D eigenvalue weighted by atomic mass is 19.3. The molecule has 0 radical (unpaired) electrons. The summed E-state index contributed by atoms with van der Waals surface area (Å²) in [5, 5.41) is -0.0367. The Morgan fingerprint density at radius 1 is 0.825 bits per heavy atom. The Morgan fingerprint density at radius 3 is 2.08 bits per heavy atom. The minimum absolute atomic E-state index is 0.00218. The zero-order valence-electron chi connectivity index (χ0n) is 22.5. The van der Waals surface area contributed by atoms with Gasteiger partial charge in [0.2, 0.25) is 0 Å². The summed E-state index contributed by atoms with van der Waals surface area (Å²) in [4.78, 5) is 0. The number of benzene rings is 4. The number of fused-ring (bicyclic) bond motifs is 1. The highest BCUT2D eigenvalue weighted by Gasteiger charge is 2.41. The van der Waals surface area contributed by atoms with Crippen LogP contribution in [0.3, 0.4) is 0 Å². The average Bonchev–Trinajstić information content (AvgIpc) is 2.86. The summed E-state index contributed by atoms with van der Waals surface area (Å²) in [5.74, 6) is -4.69. The maximum absolute atomic E-state index is 15.1. The van der Waals surface area contributed by atoms with E-state index in [0.717, 1.165) is 65.9 Å². The van der Waals surface area contributed by atoms with Gasteiger partial charge in [0.1, 0.15) is 34.6 Å². The molecule has 0 saturated carbocycles. The molecule has 1 fully saturated rings. The Kier molecular flexibility index (Phi) is 7.33. The molecule has 2 atom stereocenters. The molecule has 1 aliphatic heterocycles. The minimum Gasteiger partial charge on any atom is -0.429 e. The van der Waals surface area contributed by atoms with Crippen LogP contribution < -0.4 is 4.74 Å². The van der Waals surface area contributed by atoms with Crippen LogP contribution in [0.15, 0.2) is 48.5 Å². The first-order valence-corrected chi connectivity index (χ1v) is 13.0. The molecule has 4 aromatic carbocycles. The molecule has 40 heavy (non-hydrogen) atoms. The molecule has 2 nitrogen and oxygen atoms in total. The zero-order chi connectivity index (χ0) is 28.9. The molecule has 1 saturated heterocycles. The number of alkyl halides is 2. The third kappa shape index (κ3) is 5.17. The molecule has 1 heterocycles. The topological polar surface area (TPSA) is 18.5 Å². The first kappa shape index (κ1) is 28.0. The standard InChI is InChI=1S/C32H28F6O2/c1-16-5-8-28(39-15-16)21-9-17(2)29(18(3)10-21)22-13-26(34)30(27(35)14-22)32(37,38)40-23-6-7-24-20(11-23)12-25(33)19(4)31(24)36/h6-7,9-14,16,28H,5,8,15H2,1-4H3. The van der Waals surface area contributed by atoms with Gasteiger partial charge in [-0.3, -0.25) is 0 Å². The van der Waals surface area contributed by atoms with Crippen LogP contribution in [0.4, 0.5) is 26.3 Å². The van der Waals surface area contributed by atoms with E-state index < -0.39 is 40.7 Å². The highest BCUT2D eigenvalue weighted by Crippen LogP contribution is 2.40. The Bertz CT molecular complexity index is 1560. The molecule has 8 heteroatoms. The van der Waals surface area contributed by atoms with Gasteiger partial charge in [-0.1, -0.05) is 19.1 Å². The van der Waals surface area contributed by atoms with Gasteiger partial charge in [0.25, 0.3) is 0 Å². The third-order valence-electron chi connectivity index (χ3n) is 7.53. The Morgan fingerprint density at radius 2 is 1.48 bits per heavy atom. The maximum atomic E-state index is 15.1. The van der Waals surface area contributed by atoms with E-state index in [2.05, 4.69) is 11.7 Å². The average molecular weight is 559 g/mol. The number of hydrogen-bond acceptors (Lipinski definition) is 2. The van der Waals surface area contributed by atoms with Crippen molar-refractivity contribution in [3.63, 3.8) is 0 Å². The van der Waals surface area contributed by atoms with E-state index in [-0.39, 0.29) is 28.0 Å². The van der Waals surface area contributed by atoms with E-state index in [1.807, 2.05) is 12.1 Å². The molecule has 1 aliphatic rings. The molecule has 2 unspecified atom stereocenters. The SMILES string of the molecule is Cc1cc(C2CCC(C)CO2)cc(C)c1-c1cc(F)c(C(F)(F)Oc2ccc3c(F)c(C)c(F)cc3c2)c(F)c1. The van der Waals surface area contributed by atoms with Crippen molar-refractivity contribution >= 4 is 10.8 Å². The largest absolute Gasteiger partial charge is 0.432 e. The van der Waals surface area contributed by atoms with E-state index >= 15 is 17.6 Å². The number of rotatable bonds is 5. The van der Waals surface area contributed by atoms with Crippen LogP contribution >= 0.6 is 0 Å². The predicted molar refractivity (Wildman–Crippen MR) is 141 cm³/mol. The molecule has 0 amide bonds. The van der Waals surface area contributed by atoms with Gasteiger partial charge in [0.15, 0.2) is 0 Å². The summed E-state index contributed by atoms with van der Waals surface area (Å²) in [5.41, 5.74) is 1.31. The molecule has 0 aliphatic carbocycles. The minimum atomic E-state index is -4.41. The van der Waals surface area contributed by atoms with Crippen molar-refractivity contribution in [2.75, 3.05) is 6.61 Å². The monoisotopic (exact) mass is 558 g/mol. The smallest absolute Gasteiger partial charge is 0.429 e. The summed E-state index contributed by atoms with van der Waals surface area (Å²) in [6, 6.07) is 9.66.